The van der Waals surface area contributed by atoms with Crippen LogP contribution in [0.25, 0.3) is 0 Å². The van der Waals surface area contributed by atoms with E-state index < -0.39 is 23.7 Å². The Kier molecular flexibility index (Phi) is 4.72. The quantitative estimate of drug-likeness (QED) is 0.830. The average molecular weight is 351 g/mol. The Balaban J connectivity index is 2.12. The molecule has 116 valence electrons. The van der Waals surface area contributed by atoms with Crippen LogP contribution in [0.5, 0.6) is 0 Å². The van der Waals surface area contributed by atoms with Crippen molar-refractivity contribution in [1.29, 1.82) is 0 Å². The van der Waals surface area contributed by atoms with E-state index in [2.05, 4.69) is 20.8 Å². The van der Waals surface area contributed by atoms with Crippen molar-refractivity contribution >= 4 is 35.1 Å². The van der Waals surface area contributed by atoms with Gasteiger partial charge in [0.2, 0.25) is 5.95 Å². The number of halogens is 5. The van der Waals surface area contributed by atoms with Gasteiger partial charge in [-0.05, 0) is 18.2 Å². The number of hydrazine groups is 1. The van der Waals surface area contributed by atoms with Crippen LogP contribution in [0, 0.1) is 0 Å². The van der Waals surface area contributed by atoms with Crippen LogP contribution < -0.4 is 10.9 Å². The number of nitrogens with one attached hydrogen (secondary N) is 2. The lowest BCUT2D eigenvalue weighted by molar-refractivity contribution is -0.141. The molecule has 0 unspecified atom stereocenters. The van der Waals surface area contributed by atoms with Crippen LogP contribution in [0.1, 0.15) is 16.1 Å². The van der Waals surface area contributed by atoms with Crippen molar-refractivity contribution in [3.63, 3.8) is 0 Å². The van der Waals surface area contributed by atoms with Crippen LogP contribution in [0.2, 0.25) is 10.0 Å². The number of hydrogen-bond acceptors (Lipinski definition) is 4. The fraction of sp³-hybridized carbons (Fsp3) is 0.0833. The van der Waals surface area contributed by atoms with Crippen molar-refractivity contribution < 1.29 is 18.0 Å². The molecule has 0 bridgehead atoms. The number of benzene rings is 1. The van der Waals surface area contributed by atoms with Gasteiger partial charge in [-0.15, -0.1) is 0 Å². The Morgan fingerprint density at radius 1 is 1.14 bits per heavy atom. The van der Waals surface area contributed by atoms with E-state index in [1.54, 1.807) is 6.07 Å². The summed E-state index contributed by atoms with van der Waals surface area (Å²) in [4.78, 5) is 18.7. The number of rotatable bonds is 3. The van der Waals surface area contributed by atoms with Gasteiger partial charge in [0.25, 0.3) is 5.91 Å². The van der Waals surface area contributed by atoms with Crippen molar-refractivity contribution in [2.45, 2.75) is 6.18 Å². The first kappa shape index (κ1) is 16.3. The maximum absolute atomic E-state index is 12.5. The predicted molar refractivity (Wildman–Crippen MR) is 74.6 cm³/mol. The van der Waals surface area contributed by atoms with E-state index in [1.807, 2.05) is 0 Å². The highest BCUT2D eigenvalue weighted by Crippen LogP contribution is 2.27. The Morgan fingerprint density at radius 3 is 2.36 bits per heavy atom. The number of carbonyl (C=O) groups excluding carboxylic acids is 1. The summed E-state index contributed by atoms with van der Waals surface area (Å²) in [6.07, 6.45) is -3.71. The molecule has 2 aromatic rings. The molecule has 0 atom stereocenters. The van der Waals surface area contributed by atoms with Gasteiger partial charge >= 0.3 is 6.18 Å². The second kappa shape index (κ2) is 6.37. The number of carbonyl (C=O) groups is 1. The minimum Gasteiger partial charge on any atom is -0.267 e. The zero-order valence-electron chi connectivity index (χ0n) is 10.6. The Labute approximate surface area is 132 Å². The second-order valence-corrected chi connectivity index (χ2v) is 4.75. The molecule has 1 heterocycles. The van der Waals surface area contributed by atoms with Gasteiger partial charge in [0.05, 0.1) is 15.6 Å². The molecule has 0 aliphatic carbocycles. The van der Waals surface area contributed by atoms with Crippen molar-refractivity contribution in [3.05, 3.63) is 51.8 Å². The number of nitrogens with zero attached hydrogens (tertiary/aromatic N) is 2. The third-order valence-corrected chi connectivity index (χ3v) is 3.05. The highest BCUT2D eigenvalue weighted by Gasteiger charge is 2.32. The van der Waals surface area contributed by atoms with E-state index >= 15 is 0 Å². The molecule has 1 aromatic heterocycles. The fourth-order valence-electron chi connectivity index (χ4n) is 1.47. The summed E-state index contributed by atoms with van der Waals surface area (Å²) in [5.74, 6) is -1.16. The summed E-state index contributed by atoms with van der Waals surface area (Å²) in [7, 11) is 0. The van der Waals surface area contributed by atoms with E-state index in [0.29, 0.717) is 6.07 Å². The van der Waals surface area contributed by atoms with Gasteiger partial charge in [-0.25, -0.2) is 9.97 Å². The molecule has 0 aliphatic heterocycles. The number of amides is 1. The summed E-state index contributed by atoms with van der Waals surface area (Å²) in [5.41, 5.74) is 3.13. The first-order valence-electron chi connectivity index (χ1n) is 5.69. The molecule has 0 radical (unpaired) electrons. The maximum Gasteiger partial charge on any atom is 0.433 e. The van der Waals surface area contributed by atoms with Crippen LogP contribution in [-0.4, -0.2) is 15.9 Å². The number of anilines is 1. The molecule has 1 amide bonds. The molecule has 0 saturated carbocycles. The van der Waals surface area contributed by atoms with Crippen LogP contribution in [0.15, 0.2) is 30.5 Å². The molecular formula is C12H7Cl2F3N4O. The maximum atomic E-state index is 12.5. The molecule has 10 heteroatoms. The van der Waals surface area contributed by atoms with Crippen molar-refractivity contribution in [1.82, 2.24) is 15.4 Å². The van der Waals surface area contributed by atoms with Gasteiger partial charge in [-0.1, -0.05) is 29.3 Å². The van der Waals surface area contributed by atoms with Crippen LogP contribution in [0.4, 0.5) is 19.1 Å². The second-order valence-electron chi connectivity index (χ2n) is 3.94. The van der Waals surface area contributed by atoms with Gasteiger partial charge in [0.1, 0.15) is 5.69 Å². The molecule has 0 fully saturated rings. The monoisotopic (exact) mass is 350 g/mol. The smallest absolute Gasteiger partial charge is 0.267 e. The first-order valence-corrected chi connectivity index (χ1v) is 6.45. The third-order valence-electron chi connectivity index (χ3n) is 2.42. The topological polar surface area (TPSA) is 66.9 Å². The van der Waals surface area contributed by atoms with Crippen LogP contribution in [-0.2, 0) is 6.18 Å². The Hall–Kier alpha value is -2.06. The molecule has 0 aliphatic rings. The molecule has 1 aromatic carbocycles. The zero-order chi connectivity index (χ0) is 16.3. The number of alkyl halides is 3. The van der Waals surface area contributed by atoms with Gasteiger partial charge in [-0.2, -0.15) is 13.2 Å². The van der Waals surface area contributed by atoms with Gasteiger partial charge in [0.15, 0.2) is 0 Å². The lowest BCUT2D eigenvalue weighted by Gasteiger charge is -2.11. The minimum absolute atomic E-state index is 0.0229. The van der Waals surface area contributed by atoms with Crippen LogP contribution in [0.3, 0.4) is 0 Å². The third kappa shape index (κ3) is 3.77. The molecule has 2 N–H and O–H groups in total. The number of hydrogen-bond donors (Lipinski definition) is 2. The summed E-state index contributed by atoms with van der Waals surface area (Å²) in [6.45, 7) is 0. The molecular weight excluding hydrogens is 344 g/mol. The zero-order valence-corrected chi connectivity index (χ0v) is 12.1. The van der Waals surface area contributed by atoms with Crippen molar-refractivity contribution in [2.24, 2.45) is 0 Å². The highest BCUT2D eigenvalue weighted by atomic mass is 35.5. The van der Waals surface area contributed by atoms with Gasteiger partial charge in [-0.3, -0.25) is 15.6 Å². The van der Waals surface area contributed by atoms with E-state index in [4.69, 9.17) is 23.2 Å². The van der Waals surface area contributed by atoms with Gasteiger partial charge in [0, 0.05) is 6.20 Å². The summed E-state index contributed by atoms with van der Waals surface area (Å²) >= 11 is 11.7. The summed E-state index contributed by atoms with van der Waals surface area (Å²) < 4.78 is 37.5. The molecule has 0 saturated heterocycles. The highest BCUT2D eigenvalue weighted by molar-refractivity contribution is 6.39. The van der Waals surface area contributed by atoms with Gasteiger partial charge < -0.3 is 0 Å². The molecule has 5 nitrogen and oxygen atoms in total. The molecule has 22 heavy (non-hydrogen) atoms. The summed E-state index contributed by atoms with van der Waals surface area (Å²) in [5, 5.41) is 0.188. The molecule has 0 spiro atoms. The number of aromatic nitrogens is 2. The Morgan fingerprint density at radius 2 is 1.77 bits per heavy atom. The Bertz CT molecular complexity index is 689. The van der Waals surface area contributed by atoms with Crippen molar-refractivity contribution in [2.75, 3.05) is 5.43 Å². The van der Waals surface area contributed by atoms with E-state index in [0.717, 1.165) is 6.20 Å². The van der Waals surface area contributed by atoms with E-state index in [9.17, 15) is 18.0 Å². The lowest BCUT2D eigenvalue weighted by atomic mass is 10.2. The normalized spacial score (nSPS) is 11.1. The minimum atomic E-state index is -4.62. The largest absolute Gasteiger partial charge is 0.433 e. The fourth-order valence-corrected chi connectivity index (χ4v) is 2.04. The van der Waals surface area contributed by atoms with Crippen molar-refractivity contribution in [3.8, 4) is 0 Å². The average Bonchev–Trinajstić information content (AvgIpc) is 2.44. The van der Waals surface area contributed by atoms with Crippen LogP contribution >= 0.6 is 23.2 Å². The summed E-state index contributed by atoms with van der Waals surface area (Å²) in [6, 6.07) is 5.15. The van der Waals surface area contributed by atoms with E-state index in [-0.39, 0.29) is 15.6 Å². The SMILES string of the molecule is O=C(NNc1nccc(C(F)(F)F)n1)c1c(Cl)cccc1Cl. The standard InChI is InChI=1S/C12H7Cl2F3N4O/c13-6-2-1-3-7(14)9(6)10(22)20-21-11-18-5-4-8(19-11)12(15,16)17/h1-5H,(H,20,22)(H,18,19,21). The lowest BCUT2D eigenvalue weighted by Crippen LogP contribution is -2.31. The first-order chi connectivity index (χ1) is 10.3. The molecule has 2 rings (SSSR count). The van der Waals surface area contributed by atoms with E-state index in [1.165, 1.54) is 12.1 Å². The predicted octanol–water partition coefficient (Wildman–Crippen LogP) is 3.56.